The van der Waals surface area contributed by atoms with E-state index in [1.165, 1.54) is 0 Å². The monoisotopic (exact) mass is 357 g/mol. The van der Waals surface area contributed by atoms with Gasteiger partial charge in [0, 0.05) is 21.7 Å². The summed E-state index contributed by atoms with van der Waals surface area (Å²) < 4.78 is 10.6. The Kier molecular flexibility index (Phi) is 4.76. The summed E-state index contributed by atoms with van der Waals surface area (Å²) in [4.78, 5) is 24.1. The Labute approximate surface area is 149 Å². The summed E-state index contributed by atoms with van der Waals surface area (Å²) in [6.45, 7) is 3.23. The molecule has 1 heterocycles. The third kappa shape index (κ3) is 3.67. The van der Waals surface area contributed by atoms with Crippen LogP contribution in [0.25, 0.3) is 11.0 Å². The lowest BCUT2D eigenvalue weighted by Gasteiger charge is -2.07. The van der Waals surface area contributed by atoms with Gasteiger partial charge in [0.15, 0.2) is 6.61 Å². The lowest BCUT2D eigenvalue weighted by molar-refractivity contribution is -0.119. The van der Waals surface area contributed by atoms with Crippen LogP contribution in [0.2, 0.25) is 5.02 Å². The topological polar surface area (TPSA) is 68.5 Å². The predicted octanol–water partition coefficient (Wildman–Crippen LogP) is 4.50. The quantitative estimate of drug-likeness (QED) is 0.698. The van der Waals surface area contributed by atoms with Crippen LogP contribution < -0.4 is 5.32 Å². The summed E-state index contributed by atoms with van der Waals surface area (Å²) in [5, 5.41) is 4.02. The number of esters is 1. The fourth-order valence-corrected chi connectivity index (χ4v) is 2.61. The number of anilines is 1. The van der Waals surface area contributed by atoms with Gasteiger partial charge < -0.3 is 14.5 Å². The van der Waals surface area contributed by atoms with E-state index in [1.807, 2.05) is 25.1 Å². The minimum atomic E-state index is -0.675. The van der Waals surface area contributed by atoms with Crippen LogP contribution in [0.4, 0.5) is 5.69 Å². The molecule has 0 aliphatic rings. The molecule has 0 bridgehead atoms. The Morgan fingerprint density at radius 3 is 2.64 bits per heavy atom. The van der Waals surface area contributed by atoms with Gasteiger partial charge in [-0.1, -0.05) is 35.9 Å². The SMILES string of the molecule is Cc1ccc(NC(=O)COC(=O)c2oc3ccccc3c2C)cc1Cl. The van der Waals surface area contributed by atoms with E-state index in [0.29, 0.717) is 21.9 Å². The standard InChI is InChI=1S/C19H16ClNO4/c1-11-7-8-13(9-15(11)20)21-17(22)10-24-19(23)18-12(2)14-5-3-4-6-16(14)25-18/h3-9H,10H2,1-2H3,(H,21,22). The van der Waals surface area contributed by atoms with Crippen molar-refractivity contribution in [2.75, 3.05) is 11.9 Å². The molecule has 0 unspecified atom stereocenters. The second-order valence-electron chi connectivity index (χ2n) is 5.64. The number of para-hydroxylation sites is 1. The first-order valence-corrected chi connectivity index (χ1v) is 8.05. The predicted molar refractivity (Wildman–Crippen MR) is 96.1 cm³/mol. The zero-order valence-corrected chi connectivity index (χ0v) is 14.5. The van der Waals surface area contributed by atoms with E-state index in [1.54, 1.807) is 31.2 Å². The smallest absolute Gasteiger partial charge is 0.375 e. The molecule has 1 amide bonds. The molecule has 128 valence electrons. The Morgan fingerprint density at radius 2 is 1.92 bits per heavy atom. The third-order valence-electron chi connectivity index (χ3n) is 3.82. The normalized spacial score (nSPS) is 10.7. The van der Waals surface area contributed by atoms with Gasteiger partial charge in [0.25, 0.3) is 5.91 Å². The maximum absolute atomic E-state index is 12.2. The number of fused-ring (bicyclic) bond motifs is 1. The molecule has 25 heavy (non-hydrogen) atoms. The number of furan rings is 1. The molecule has 1 N–H and O–H groups in total. The van der Waals surface area contributed by atoms with Gasteiger partial charge >= 0.3 is 5.97 Å². The Bertz CT molecular complexity index is 961. The van der Waals surface area contributed by atoms with Gasteiger partial charge in [-0.2, -0.15) is 0 Å². The molecule has 0 aliphatic carbocycles. The number of ether oxygens (including phenoxy) is 1. The van der Waals surface area contributed by atoms with E-state index < -0.39 is 18.5 Å². The van der Waals surface area contributed by atoms with Crippen LogP contribution >= 0.6 is 11.6 Å². The van der Waals surface area contributed by atoms with Gasteiger partial charge in [-0.15, -0.1) is 0 Å². The Hall–Kier alpha value is -2.79. The van der Waals surface area contributed by atoms with Crippen LogP contribution in [0.5, 0.6) is 0 Å². The first-order chi connectivity index (χ1) is 12.0. The van der Waals surface area contributed by atoms with Crippen LogP contribution in [0.15, 0.2) is 46.9 Å². The largest absolute Gasteiger partial charge is 0.450 e. The molecular formula is C19H16ClNO4. The molecule has 6 heteroatoms. The van der Waals surface area contributed by atoms with Gasteiger partial charge in [0.1, 0.15) is 5.58 Å². The second kappa shape index (κ2) is 6.99. The summed E-state index contributed by atoms with van der Waals surface area (Å²) >= 11 is 6.01. The minimum Gasteiger partial charge on any atom is -0.450 e. The lowest BCUT2D eigenvalue weighted by Crippen LogP contribution is -2.21. The molecule has 0 radical (unpaired) electrons. The Balaban J connectivity index is 1.64. The van der Waals surface area contributed by atoms with Crippen LogP contribution in [0.3, 0.4) is 0 Å². The highest BCUT2D eigenvalue weighted by atomic mass is 35.5. The van der Waals surface area contributed by atoms with E-state index in [4.69, 9.17) is 20.8 Å². The molecule has 2 aromatic carbocycles. The Morgan fingerprint density at radius 1 is 1.16 bits per heavy atom. The molecule has 0 saturated carbocycles. The molecule has 0 fully saturated rings. The highest BCUT2D eigenvalue weighted by Gasteiger charge is 2.19. The van der Waals surface area contributed by atoms with Crippen molar-refractivity contribution in [2.45, 2.75) is 13.8 Å². The van der Waals surface area contributed by atoms with E-state index in [9.17, 15) is 9.59 Å². The molecule has 1 aromatic heterocycles. The van der Waals surface area contributed by atoms with Crippen molar-refractivity contribution in [3.63, 3.8) is 0 Å². The van der Waals surface area contributed by atoms with Crippen molar-refractivity contribution in [1.29, 1.82) is 0 Å². The van der Waals surface area contributed by atoms with Crippen LogP contribution in [0.1, 0.15) is 21.7 Å². The molecule has 3 rings (SSSR count). The van der Waals surface area contributed by atoms with Crippen LogP contribution in [-0.4, -0.2) is 18.5 Å². The molecule has 0 atom stereocenters. The number of rotatable bonds is 4. The molecule has 0 aliphatic heterocycles. The van der Waals surface area contributed by atoms with Crippen molar-refractivity contribution in [3.05, 3.63) is 64.4 Å². The minimum absolute atomic E-state index is 0.104. The first-order valence-electron chi connectivity index (χ1n) is 7.67. The average molecular weight is 358 g/mol. The fourth-order valence-electron chi connectivity index (χ4n) is 2.43. The number of nitrogens with one attached hydrogen (secondary N) is 1. The van der Waals surface area contributed by atoms with Gasteiger partial charge in [-0.25, -0.2) is 4.79 Å². The summed E-state index contributed by atoms with van der Waals surface area (Å²) in [6, 6.07) is 12.5. The van der Waals surface area contributed by atoms with Crippen molar-refractivity contribution in [3.8, 4) is 0 Å². The molecular weight excluding hydrogens is 342 g/mol. The highest BCUT2D eigenvalue weighted by molar-refractivity contribution is 6.31. The van der Waals surface area contributed by atoms with E-state index >= 15 is 0 Å². The summed E-state index contributed by atoms with van der Waals surface area (Å²) in [5.74, 6) is -1.03. The molecule has 0 saturated heterocycles. The molecule has 5 nitrogen and oxygen atoms in total. The molecule has 3 aromatic rings. The maximum Gasteiger partial charge on any atom is 0.375 e. The number of aryl methyl sites for hydroxylation is 2. The molecule has 0 spiro atoms. The number of halogens is 1. The fraction of sp³-hybridized carbons (Fsp3) is 0.158. The summed E-state index contributed by atoms with van der Waals surface area (Å²) in [7, 11) is 0. The van der Waals surface area contributed by atoms with E-state index in [2.05, 4.69) is 5.32 Å². The zero-order chi connectivity index (χ0) is 18.0. The van der Waals surface area contributed by atoms with E-state index in [0.717, 1.165) is 10.9 Å². The van der Waals surface area contributed by atoms with Gasteiger partial charge in [-0.05, 0) is 37.6 Å². The van der Waals surface area contributed by atoms with Crippen molar-refractivity contribution in [2.24, 2.45) is 0 Å². The van der Waals surface area contributed by atoms with Crippen molar-refractivity contribution < 1.29 is 18.7 Å². The highest BCUT2D eigenvalue weighted by Crippen LogP contribution is 2.25. The summed E-state index contributed by atoms with van der Waals surface area (Å²) in [6.07, 6.45) is 0. The van der Waals surface area contributed by atoms with E-state index in [-0.39, 0.29) is 5.76 Å². The third-order valence-corrected chi connectivity index (χ3v) is 4.23. The first kappa shape index (κ1) is 17.0. The van der Waals surface area contributed by atoms with Crippen LogP contribution in [0, 0.1) is 13.8 Å². The number of carbonyl (C=O) groups is 2. The number of hydrogen-bond donors (Lipinski definition) is 1. The zero-order valence-electron chi connectivity index (χ0n) is 13.8. The number of carbonyl (C=O) groups excluding carboxylic acids is 2. The van der Waals surface area contributed by atoms with Crippen molar-refractivity contribution in [1.82, 2.24) is 0 Å². The number of amides is 1. The van der Waals surface area contributed by atoms with Crippen molar-refractivity contribution >= 4 is 40.1 Å². The van der Waals surface area contributed by atoms with Crippen LogP contribution in [-0.2, 0) is 9.53 Å². The lowest BCUT2D eigenvalue weighted by atomic mass is 10.1. The van der Waals surface area contributed by atoms with Gasteiger partial charge in [0.05, 0.1) is 0 Å². The van der Waals surface area contributed by atoms with Gasteiger partial charge in [0.2, 0.25) is 5.76 Å². The number of benzene rings is 2. The number of hydrogen-bond acceptors (Lipinski definition) is 4. The maximum atomic E-state index is 12.2. The summed E-state index contributed by atoms with van der Waals surface area (Å²) in [5.41, 5.74) is 2.74. The average Bonchev–Trinajstić information content (AvgIpc) is 2.93. The second-order valence-corrected chi connectivity index (χ2v) is 6.05. The van der Waals surface area contributed by atoms with Gasteiger partial charge in [-0.3, -0.25) is 4.79 Å².